The van der Waals surface area contributed by atoms with Gasteiger partial charge in [-0.3, -0.25) is 4.79 Å². The van der Waals surface area contributed by atoms with Gasteiger partial charge >= 0.3 is 0 Å². The molecule has 0 bridgehead atoms. The lowest BCUT2D eigenvalue weighted by Gasteiger charge is -2.21. The number of hydrogen-bond acceptors (Lipinski definition) is 3. The number of nitrogens with one attached hydrogen (secondary N) is 1. The minimum atomic E-state index is -0.504. The van der Waals surface area contributed by atoms with Crippen molar-refractivity contribution in [2.24, 2.45) is 0 Å². The van der Waals surface area contributed by atoms with E-state index in [1.165, 1.54) is 32.1 Å². The quantitative estimate of drug-likeness (QED) is 0.726. The Hall–Kier alpha value is -0.870. The molecule has 0 saturated heterocycles. The van der Waals surface area contributed by atoms with Crippen LogP contribution in [0.2, 0.25) is 5.02 Å². The van der Waals surface area contributed by atoms with E-state index in [1.54, 1.807) is 19.1 Å². The third-order valence-electron chi connectivity index (χ3n) is 4.12. The summed E-state index contributed by atoms with van der Waals surface area (Å²) in [7, 11) is 0. The average molecular weight is 356 g/mol. The molecule has 1 saturated carbocycles. The van der Waals surface area contributed by atoms with Gasteiger partial charge in [-0.25, -0.2) is 0 Å². The molecule has 0 aliphatic heterocycles. The van der Waals surface area contributed by atoms with Gasteiger partial charge in [0.25, 0.3) is 5.91 Å². The SMILES string of the molecule is Cc1cc(O[C@H](C)C(=O)NCCSC2CCCCC2)ccc1Cl. The Labute approximate surface area is 148 Å². The summed E-state index contributed by atoms with van der Waals surface area (Å²) in [5.41, 5.74) is 0.945. The van der Waals surface area contributed by atoms with Crippen LogP contribution < -0.4 is 10.1 Å². The van der Waals surface area contributed by atoms with E-state index < -0.39 is 6.10 Å². The predicted octanol–water partition coefficient (Wildman–Crippen LogP) is 4.60. The summed E-state index contributed by atoms with van der Waals surface area (Å²) >= 11 is 7.98. The van der Waals surface area contributed by atoms with Gasteiger partial charge in [-0.05, 0) is 50.5 Å². The van der Waals surface area contributed by atoms with Crippen molar-refractivity contribution in [2.45, 2.75) is 57.3 Å². The van der Waals surface area contributed by atoms with E-state index in [0.717, 1.165) is 16.6 Å². The maximum absolute atomic E-state index is 12.1. The number of aryl methyl sites for hydroxylation is 1. The highest BCUT2D eigenvalue weighted by Crippen LogP contribution is 2.27. The summed E-state index contributed by atoms with van der Waals surface area (Å²) in [6.07, 6.45) is 6.25. The van der Waals surface area contributed by atoms with Crippen LogP contribution in [0, 0.1) is 6.92 Å². The maximum atomic E-state index is 12.1. The average Bonchev–Trinajstić information content (AvgIpc) is 2.55. The lowest BCUT2D eigenvalue weighted by Crippen LogP contribution is -2.37. The second kappa shape index (κ2) is 9.43. The van der Waals surface area contributed by atoms with Crippen LogP contribution >= 0.6 is 23.4 Å². The topological polar surface area (TPSA) is 38.3 Å². The smallest absolute Gasteiger partial charge is 0.260 e. The van der Waals surface area contributed by atoms with Crippen LogP contribution in [0.3, 0.4) is 0 Å². The molecular formula is C18H26ClNO2S. The lowest BCUT2D eigenvalue weighted by atomic mass is 10.0. The monoisotopic (exact) mass is 355 g/mol. The summed E-state index contributed by atoms with van der Waals surface area (Å²) in [6, 6.07) is 5.43. The third-order valence-corrected chi connectivity index (χ3v) is 5.93. The number of amides is 1. The molecule has 0 heterocycles. The van der Waals surface area contributed by atoms with Crippen molar-refractivity contribution in [3.63, 3.8) is 0 Å². The van der Waals surface area contributed by atoms with E-state index in [1.807, 2.05) is 24.8 Å². The molecule has 0 aromatic heterocycles. The molecule has 1 amide bonds. The Morgan fingerprint density at radius 1 is 1.39 bits per heavy atom. The molecule has 2 rings (SSSR count). The van der Waals surface area contributed by atoms with Crippen LogP contribution in [0.15, 0.2) is 18.2 Å². The summed E-state index contributed by atoms with van der Waals surface area (Å²) in [5.74, 6) is 1.58. The van der Waals surface area contributed by atoms with Gasteiger partial charge < -0.3 is 10.1 Å². The van der Waals surface area contributed by atoms with Gasteiger partial charge in [0.2, 0.25) is 0 Å². The van der Waals surface area contributed by atoms with Crippen molar-refractivity contribution in [2.75, 3.05) is 12.3 Å². The van der Waals surface area contributed by atoms with Gasteiger partial charge in [0.15, 0.2) is 6.10 Å². The fourth-order valence-corrected chi connectivity index (χ4v) is 4.06. The molecule has 0 unspecified atom stereocenters. The largest absolute Gasteiger partial charge is 0.481 e. The fraction of sp³-hybridized carbons (Fsp3) is 0.611. The molecule has 1 aliphatic rings. The van der Waals surface area contributed by atoms with Crippen molar-refractivity contribution >= 4 is 29.3 Å². The zero-order chi connectivity index (χ0) is 16.7. The molecule has 1 aromatic rings. The van der Waals surface area contributed by atoms with Crippen molar-refractivity contribution < 1.29 is 9.53 Å². The molecule has 5 heteroatoms. The van der Waals surface area contributed by atoms with Gasteiger partial charge in [0, 0.05) is 22.6 Å². The van der Waals surface area contributed by atoms with Crippen molar-refractivity contribution in [1.29, 1.82) is 0 Å². The van der Waals surface area contributed by atoms with Crippen molar-refractivity contribution in [3.8, 4) is 5.75 Å². The van der Waals surface area contributed by atoms with E-state index in [0.29, 0.717) is 17.3 Å². The van der Waals surface area contributed by atoms with E-state index in [2.05, 4.69) is 5.32 Å². The predicted molar refractivity (Wildman–Crippen MR) is 98.6 cm³/mol. The summed E-state index contributed by atoms with van der Waals surface area (Å²) in [6.45, 7) is 4.39. The zero-order valence-corrected chi connectivity index (χ0v) is 15.5. The third kappa shape index (κ3) is 6.27. The van der Waals surface area contributed by atoms with Crippen LogP contribution in [-0.2, 0) is 4.79 Å². The second-order valence-electron chi connectivity index (χ2n) is 6.09. The first-order valence-corrected chi connectivity index (χ1v) is 9.81. The number of carbonyl (C=O) groups is 1. The first-order chi connectivity index (χ1) is 11.1. The van der Waals surface area contributed by atoms with Crippen molar-refractivity contribution in [3.05, 3.63) is 28.8 Å². The van der Waals surface area contributed by atoms with Gasteiger partial charge in [-0.15, -0.1) is 0 Å². The lowest BCUT2D eigenvalue weighted by molar-refractivity contribution is -0.127. The van der Waals surface area contributed by atoms with Crippen LogP contribution in [0.4, 0.5) is 0 Å². The normalized spacial score (nSPS) is 16.8. The number of hydrogen-bond donors (Lipinski definition) is 1. The molecule has 0 spiro atoms. The number of ether oxygens (including phenoxy) is 1. The molecule has 0 radical (unpaired) electrons. The Morgan fingerprint density at radius 2 is 2.13 bits per heavy atom. The number of rotatable bonds is 7. The Kier molecular flexibility index (Phi) is 7.57. The van der Waals surface area contributed by atoms with Crippen LogP contribution in [-0.4, -0.2) is 29.6 Å². The molecule has 1 N–H and O–H groups in total. The highest BCUT2D eigenvalue weighted by Gasteiger charge is 2.16. The molecule has 1 atom stereocenters. The van der Waals surface area contributed by atoms with Gasteiger partial charge in [0.05, 0.1) is 0 Å². The molecule has 3 nitrogen and oxygen atoms in total. The van der Waals surface area contributed by atoms with Gasteiger partial charge in [-0.2, -0.15) is 11.8 Å². The minimum Gasteiger partial charge on any atom is -0.481 e. The molecule has 23 heavy (non-hydrogen) atoms. The Morgan fingerprint density at radius 3 is 2.83 bits per heavy atom. The van der Waals surface area contributed by atoms with Gasteiger partial charge in [0.1, 0.15) is 5.75 Å². The fourth-order valence-electron chi connectivity index (χ4n) is 2.72. The molecular weight excluding hydrogens is 330 g/mol. The standard InChI is InChI=1S/C18H26ClNO2S/c1-13-12-15(8-9-17(13)19)22-14(2)18(21)20-10-11-23-16-6-4-3-5-7-16/h8-9,12,14,16H,3-7,10-11H2,1-2H3,(H,20,21)/t14-/m1/s1. The number of halogens is 1. The van der Waals surface area contributed by atoms with Crippen LogP contribution in [0.1, 0.15) is 44.6 Å². The second-order valence-corrected chi connectivity index (χ2v) is 7.91. The van der Waals surface area contributed by atoms with Gasteiger partial charge in [-0.1, -0.05) is 30.9 Å². The van der Waals surface area contributed by atoms with Crippen LogP contribution in [0.5, 0.6) is 5.75 Å². The summed E-state index contributed by atoms with van der Waals surface area (Å²) < 4.78 is 5.68. The summed E-state index contributed by atoms with van der Waals surface area (Å²) in [5, 5.41) is 4.44. The number of thioether (sulfide) groups is 1. The molecule has 1 aliphatic carbocycles. The Bertz CT molecular complexity index is 518. The highest BCUT2D eigenvalue weighted by atomic mass is 35.5. The van der Waals surface area contributed by atoms with Crippen molar-refractivity contribution in [1.82, 2.24) is 5.32 Å². The first kappa shape index (κ1) is 18.5. The van der Waals surface area contributed by atoms with E-state index in [9.17, 15) is 4.79 Å². The summed E-state index contributed by atoms with van der Waals surface area (Å²) in [4.78, 5) is 12.1. The number of benzene rings is 1. The molecule has 1 aromatic carbocycles. The first-order valence-electron chi connectivity index (χ1n) is 8.38. The minimum absolute atomic E-state index is 0.0677. The molecule has 1 fully saturated rings. The zero-order valence-electron chi connectivity index (χ0n) is 13.9. The van der Waals surface area contributed by atoms with Crippen LogP contribution in [0.25, 0.3) is 0 Å². The number of carbonyl (C=O) groups excluding carboxylic acids is 1. The molecule has 128 valence electrons. The van der Waals surface area contributed by atoms with E-state index in [-0.39, 0.29) is 5.91 Å². The highest BCUT2D eigenvalue weighted by molar-refractivity contribution is 7.99. The maximum Gasteiger partial charge on any atom is 0.260 e. The van der Waals surface area contributed by atoms with E-state index in [4.69, 9.17) is 16.3 Å². The Balaban J connectivity index is 1.66. The van der Waals surface area contributed by atoms with E-state index >= 15 is 0 Å².